The van der Waals surface area contributed by atoms with Crippen LogP contribution in [0.25, 0.3) is 0 Å². The number of rotatable bonds is 7. The summed E-state index contributed by atoms with van der Waals surface area (Å²) in [6.45, 7) is 17.4. The molecule has 0 spiro atoms. The first-order valence-corrected chi connectivity index (χ1v) is 12.7. The average molecular weight is 387 g/mol. The van der Waals surface area contributed by atoms with Gasteiger partial charge in [0, 0.05) is 12.3 Å². The second-order valence-electron chi connectivity index (χ2n) is 8.76. The Hall–Kier alpha value is -0.763. The van der Waals surface area contributed by atoms with Crippen LogP contribution in [0.15, 0.2) is 18.3 Å². The summed E-state index contributed by atoms with van der Waals surface area (Å²) in [6.07, 6.45) is 1.76. The zero-order valence-corrected chi connectivity index (χ0v) is 18.9. The largest absolute Gasteiger partial charge is 0.481 e. The van der Waals surface area contributed by atoms with Crippen LogP contribution in [0.1, 0.15) is 53.1 Å². The number of ether oxygens (including phenoxy) is 1. The van der Waals surface area contributed by atoms with Crippen LogP contribution in [-0.4, -0.2) is 36.0 Å². The first kappa shape index (κ1) is 22.3. The van der Waals surface area contributed by atoms with Gasteiger partial charge < -0.3 is 9.16 Å². The topological polar surface area (TPSA) is 60.5 Å². The van der Waals surface area contributed by atoms with Gasteiger partial charge in [-0.1, -0.05) is 26.8 Å². The van der Waals surface area contributed by atoms with Crippen molar-refractivity contribution in [3.8, 4) is 5.88 Å². The van der Waals surface area contributed by atoms with Crippen molar-refractivity contribution in [2.45, 2.75) is 70.5 Å². The fraction of sp³-hybridized carbons (Fsp3) is 0.722. The second-order valence-corrected chi connectivity index (χ2v) is 15.6. The van der Waals surface area contributed by atoms with Crippen molar-refractivity contribution >= 4 is 19.3 Å². The number of hydrogen-bond donors (Lipinski definition) is 1. The lowest BCUT2D eigenvalue weighted by Crippen LogP contribution is -2.44. The summed E-state index contributed by atoms with van der Waals surface area (Å²) < 4.78 is 27.0. The van der Waals surface area contributed by atoms with Crippen molar-refractivity contribution in [1.29, 1.82) is 0 Å². The maximum Gasteiger partial charge on any atom is 0.212 e. The molecule has 5 nitrogen and oxygen atoms in total. The van der Waals surface area contributed by atoms with E-state index in [-0.39, 0.29) is 15.8 Å². The molecule has 0 saturated carbocycles. The molecule has 0 aliphatic carbocycles. The minimum absolute atomic E-state index is 0.124. The Morgan fingerprint density at radius 3 is 2.20 bits per heavy atom. The summed E-state index contributed by atoms with van der Waals surface area (Å²) in [7, 11) is -1.51. The fourth-order valence-corrected chi connectivity index (χ4v) is 3.56. The van der Waals surface area contributed by atoms with Crippen LogP contribution in [-0.2, 0) is 15.4 Å². The maximum atomic E-state index is 12.6. The van der Waals surface area contributed by atoms with Gasteiger partial charge in [0.15, 0.2) is 8.32 Å². The van der Waals surface area contributed by atoms with Crippen LogP contribution in [0.2, 0.25) is 18.1 Å². The quantitative estimate of drug-likeness (QED) is 0.713. The molecule has 1 rings (SSSR count). The van der Waals surface area contributed by atoms with E-state index in [0.29, 0.717) is 12.5 Å². The Bertz CT molecular complexity index is 577. The van der Waals surface area contributed by atoms with Crippen molar-refractivity contribution in [2.75, 3.05) is 13.7 Å². The summed E-state index contributed by atoms with van der Waals surface area (Å²) in [4.78, 5) is 4.28. The van der Waals surface area contributed by atoms with Gasteiger partial charge in [0.2, 0.25) is 5.88 Å². The highest BCUT2D eigenvalue weighted by atomic mass is 32.2. The molecule has 0 aliphatic heterocycles. The summed E-state index contributed by atoms with van der Waals surface area (Å²) >= 11 is 0. The molecule has 7 heteroatoms. The van der Waals surface area contributed by atoms with Gasteiger partial charge in [0.05, 0.1) is 35.5 Å². The Labute approximate surface area is 156 Å². The van der Waals surface area contributed by atoms with Crippen molar-refractivity contribution in [1.82, 2.24) is 9.71 Å². The molecule has 1 N–H and O–H groups in total. The maximum absolute atomic E-state index is 12.6. The zero-order valence-electron chi connectivity index (χ0n) is 17.1. The third-order valence-corrected chi connectivity index (χ3v) is 10.7. The van der Waals surface area contributed by atoms with Gasteiger partial charge in [-0.05, 0) is 44.5 Å². The fourth-order valence-electron chi connectivity index (χ4n) is 1.73. The smallest absolute Gasteiger partial charge is 0.212 e. The molecule has 25 heavy (non-hydrogen) atoms. The predicted molar refractivity (Wildman–Crippen MR) is 108 cm³/mol. The molecule has 0 fully saturated rings. The number of pyridine rings is 1. The predicted octanol–water partition coefficient (Wildman–Crippen LogP) is 4.20. The molecule has 0 aromatic carbocycles. The minimum atomic E-state index is -1.90. The molecule has 0 bridgehead atoms. The van der Waals surface area contributed by atoms with Crippen LogP contribution >= 0.6 is 0 Å². The summed E-state index contributed by atoms with van der Waals surface area (Å²) in [5.41, 5.74) is 0.942. The first-order valence-electron chi connectivity index (χ1n) is 8.60. The van der Waals surface area contributed by atoms with E-state index in [2.05, 4.69) is 43.6 Å². The monoisotopic (exact) mass is 386 g/mol. The second kappa shape index (κ2) is 8.29. The van der Waals surface area contributed by atoms with E-state index in [1.165, 1.54) is 0 Å². The Kier molecular flexibility index (Phi) is 7.38. The van der Waals surface area contributed by atoms with Crippen LogP contribution in [0.3, 0.4) is 0 Å². The van der Waals surface area contributed by atoms with E-state index in [1.54, 1.807) is 13.3 Å². The first-order chi connectivity index (χ1) is 11.3. The summed E-state index contributed by atoms with van der Waals surface area (Å²) in [5.74, 6) is 0.560. The van der Waals surface area contributed by atoms with Gasteiger partial charge in [-0.2, -0.15) is 0 Å². The highest BCUT2D eigenvalue weighted by Crippen LogP contribution is 2.37. The van der Waals surface area contributed by atoms with Gasteiger partial charge in [0.1, 0.15) is 0 Å². The molecule has 144 valence electrons. The number of nitrogens with zero attached hydrogens (tertiary/aromatic N) is 1. The molecule has 1 heterocycles. The standard InChI is InChI=1S/C18H34N2O3SSi/c1-17(2,3)24(21)20-15(13-23-25(8,9)18(4,5)6)14-10-11-16(22-7)19-12-14/h10-12,15,20H,13H2,1-9H3/t15-,24?/m0/s1. The Morgan fingerprint density at radius 2 is 1.80 bits per heavy atom. The highest BCUT2D eigenvalue weighted by molar-refractivity contribution is 7.84. The molecular weight excluding hydrogens is 352 g/mol. The van der Waals surface area contributed by atoms with Crippen LogP contribution in [0.4, 0.5) is 0 Å². The van der Waals surface area contributed by atoms with E-state index < -0.39 is 19.3 Å². The van der Waals surface area contributed by atoms with Crippen LogP contribution < -0.4 is 9.46 Å². The molecule has 0 amide bonds. The van der Waals surface area contributed by atoms with Crippen molar-refractivity contribution < 1.29 is 13.4 Å². The van der Waals surface area contributed by atoms with E-state index in [1.807, 2.05) is 32.9 Å². The third kappa shape index (κ3) is 6.47. The molecule has 0 saturated heterocycles. The minimum Gasteiger partial charge on any atom is -0.481 e. The normalized spacial score (nSPS) is 15.7. The molecule has 2 atom stereocenters. The van der Waals surface area contributed by atoms with Crippen molar-refractivity contribution in [3.05, 3.63) is 23.9 Å². The Balaban J connectivity index is 3.00. The van der Waals surface area contributed by atoms with Gasteiger partial charge in [-0.15, -0.1) is 0 Å². The molecular formula is C18H34N2O3SSi. The SMILES string of the molecule is COc1ccc([C@H](CO[Si](C)(C)C(C)(C)C)NS(=O)C(C)(C)C)cn1. The van der Waals surface area contributed by atoms with Gasteiger partial charge in [-0.3, -0.25) is 0 Å². The third-order valence-electron chi connectivity index (χ3n) is 4.59. The molecule has 1 aromatic rings. The van der Waals surface area contributed by atoms with E-state index in [0.717, 1.165) is 5.56 Å². The number of aromatic nitrogens is 1. The lowest BCUT2D eigenvalue weighted by molar-refractivity contribution is 0.257. The average Bonchev–Trinajstić information content (AvgIpc) is 2.49. The van der Waals surface area contributed by atoms with Crippen LogP contribution in [0, 0.1) is 0 Å². The van der Waals surface area contributed by atoms with E-state index in [4.69, 9.17) is 9.16 Å². The lowest BCUT2D eigenvalue weighted by Gasteiger charge is -2.37. The van der Waals surface area contributed by atoms with Crippen molar-refractivity contribution in [2.24, 2.45) is 0 Å². The zero-order chi connectivity index (χ0) is 19.5. The van der Waals surface area contributed by atoms with E-state index >= 15 is 0 Å². The molecule has 0 aliphatic rings. The van der Waals surface area contributed by atoms with Crippen LogP contribution in [0.5, 0.6) is 5.88 Å². The van der Waals surface area contributed by atoms with Gasteiger partial charge >= 0.3 is 0 Å². The highest BCUT2D eigenvalue weighted by Gasteiger charge is 2.38. The van der Waals surface area contributed by atoms with Gasteiger partial charge in [0.25, 0.3) is 0 Å². The summed E-state index contributed by atoms with van der Waals surface area (Å²) in [6, 6.07) is 3.57. The number of hydrogen-bond acceptors (Lipinski definition) is 4. The number of methoxy groups -OCH3 is 1. The van der Waals surface area contributed by atoms with Crippen molar-refractivity contribution in [3.63, 3.8) is 0 Å². The Morgan fingerprint density at radius 1 is 1.20 bits per heavy atom. The summed E-state index contributed by atoms with van der Waals surface area (Å²) in [5, 5.41) is 0.124. The molecule has 1 unspecified atom stereocenters. The lowest BCUT2D eigenvalue weighted by atomic mass is 10.1. The van der Waals surface area contributed by atoms with E-state index in [9.17, 15) is 4.21 Å². The molecule has 1 aromatic heterocycles. The van der Waals surface area contributed by atoms with Gasteiger partial charge in [-0.25, -0.2) is 13.9 Å². The number of nitrogens with one attached hydrogen (secondary N) is 1. The molecule has 0 radical (unpaired) electrons.